The van der Waals surface area contributed by atoms with Crippen LogP contribution in [-0.2, 0) is 0 Å². The van der Waals surface area contributed by atoms with Crippen LogP contribution in [0, 0.1) is 11.3 Å². The Bertz CT molecular complexity index is 240. The van der Waals surface area contributed by atoms with E-state index < -0.39 is 0 Å². The zero-order valence-corrected chi connectivity index (χ0v) is 4.76. The molecule has 0 aliphatic heterocycles. The number of hydrogen-bond acceptors (Lipinski definition) is 2. The number of nitrogens with one attached hydrogen (secondary N) is 1. The molecule has 0 fully saturated rings. The highest BCUT2D eigenvalue weighted by Gasteiger charge is 1.95. The largest absolute Gasteiger partial charge is 0.285 e. The number of aromatic amines is 1. The minimum atomic E-state index is 0.385. The van der Waals surface area contributed by atoms with E-state index in [0.29, 0.717) is 11.3 Å². The average Bonchev–Trinajstić information content (AvgIpc) is 2.37. The third-order valence-electron chi connectivity index (χ3n) is 0.945. The number of rotatable bonds is 1. The highest BCUT2D eigenvalue weighted by Crippen LogP contribution is 2.04. The first-order valence-electron chi connectivity index (χ1n) is 2.44. The van der Waals surface area contributed by atoms with Crippen LogP contribution in [0.2, 0.25) is 0 Å². The summed E-state index contributed by atoms with van der Waals surface area (Å²) in [6, 6.07) is 3.59. The van der Waals surface area contributed by atoms with Crippen LogP contribution in [-0.4, -0.2) is 10.2 Å². The van der Waals surface area contributed by atoms with E-state index in [2.05, 4.69) is 16.8 Å². The van der Waals surface area contributed by atoms with Crippen molar-refractivity contribution in [3.63, 3.8) is 0 Å². The van der Waals surface area contributed by atoms with Crippen LogP contribution in [0.25, 0.3) is 5.57 Å². The second kappa shape index (κ2) is 2.14. The first-order chi connectivity index (χ1) is 4.34. The van der Waals surface area contributed by atoms with Gasteiger partial charge in [-0.25, -0.2) is 0 Å². The van der Waals surface area contributed by atoms with E-state index >= 15 is 0 Å². The van der Waals surface area contributed by atoms with Crippen molar-refractivity contribution in [2.45, 2.75) is 0 Å². The molecule has 44 valence electrons. The Morgan fingerprint density at radius 2 is 2.67 bits per heavy atom. The van der Waals surface area contributed by atoms with Crippen molar-refractivity contribution in [3.05, 3.63) is 24.5 Å². The Morgan fingerprint density at radius 1 is 1.89 bits per heavy atom. The maximum atomic E-state index is 8.30. The molecule has 0 aliphatic rings. The normalized spacial score (nSPS) is 8.33. The van der Waals surface area contributed by atoms with Gasteiger partial charge in [0.15, 0.2) is 0 Å². The van der Waals surface area contributed by atoms with Crippen molar-refractivity contribution < 1.29 is 0 Å². The average molecular weight is 119 g/mol. The van der Waals surface area contributed by atoms with Crippen molar-refractivity contribution in [3.8, 4) is 6.07 Å². The van der Waals surface area contributed by atoms with Crippen LogP contribution in [0.5, 0.6) is 0 Å². The van der Waals surface area contributed by atoms with Crippen LogP contribution in [0.15, 0.2) is 18.8 Å². The third-order valence-corrected chi connectivity index (χ3v) is 0.945. The van der Waals surface area contributed by atoms with Gasteiger partial charge in [0.05, 0.1) is 5.57 Å². The summed E-state index contributed by atoms with van der Waals surface area (Å²) in [6.45, 7) is 3.47. The molecule has 0 unspecified atom stereocenters. The zero-order valence-electron chi connectivity index (χ0n) is 4.76. The number of allylic oxidation sites excluding steroid dienone is 1. The predicted molar refractivity (Wildman–Crippen MR) is 33.2 cm³/mol. The summed E-state index contributed by atoms with van der Waals surface area (Å²) >= 11 is 0. The minimum absolute atomic E-state index is 0.385. The molecule has 3 nitrogen and oxygen atoms in total. The smallest absolute Gasteiger partial charge is 0.102 e. The molecule has 3 heteroatoms. The number of H-pyrrole nitrogens is 1. The molecule has 0 atom stereocenters. The van der Waals surface area contributed by atoms with Gasteiger partial charge in [0.2, 0.25) is 0 Å². The number of aromatic nitrogens is 2. The molecule has 1 heterocycles. The number of nitrogens with zero attached hydrogens (tertiary/aromatic N) is 2. The molecule has 1 aromatic rings. The van der Waals surface area contributed by atoms with Crippen LogP contribution in [0.4, 0.5) is 0 Å². The van der Waals surface area contributed by atoms with Crippen molar-refractivity contribution in [2.24, 2.45) is 0 Å². The molecular formula is C6H5N3. The third kappa shape index (κ3) is 0.970. The second-order valence-electron chi connectivity index (χ2n) is 1.55. The van der Waals surface area contributed by atoms with Crippen LogP contribution in [0.3, 0.4) is 0 Å². The van der Waals surface area contributed by atoms with Gasteiger partial charge in [-0.3, -0.25) is 5.10 Å². The first-order valence-corrected chi connectivity index (χ1v) is 2.44. The number of nitriles is 1. The van der Waals surface area contributed by atoms with Gasteiger partial charge < -0.3 is 0 Å². The van der Waals surface area contributed by atoms with Gasteiger partial charge in [0.25, 0.3) is 0 Å². The Balaban J connectivity index is 2.93. The van der Waals surface area contributed by atoms with Crippen LogP contribution < -0.4 is 0 Å². The Morgan fingerprint density at radius 3 is 3.11 bits per heavy atom. The van der Waals surface area contributed by atoms with E-state index in [1.54, 1.807) is 12.3 Å². The minimum Gasteiger partial charge on any atom is -0.285 e. The Labute approximate surface area is 52.6 Å². The Hall–Kier alpha value is -1.56. The van der Waals surface area contributed by atoms with E-state index in [1.807, 2.05) is 6.07 Å². The van der Waals surface area contributed by atoms with Gasteiger partial charge in [-0.15, -0.1) is 0 Å². The summed E-state index contributed by atoms with van der Waals surface area (Å²) in [6.07, 6.45) is 1.65. The lowest BCUT2D eigenvalue weighted by Gasteiger charge is -1.81. The topological polar surface area (TPSA) is 52.5 Å². The fraction of sp³-hybridized carbons (Fsp3) is 0. The van der Waals surface area contributed by atoms with Gasteiger partial charge in [-0.1, -0.05) is 6.58 Å². The van der Waals surface area contributed by atoms with E-state index in [-0.39, 0.29) is 0 Å². The lowest BCUT2D eigenvalue weighted by atomic mass is 10.2. The predicted octanol–water partition coefficient (Wildman–Crippen LogP) is 0.946. The molecule has 0 amide bonds. The van der Waals surface area contributed by atoms with E-state index in [4.69, 9.17) is 5.26 Å². The van der Waals surface area contributed by atoms with Crippen molar-refractivity contribution in [2.75, 3.05) is 0 Å². The van der Waals surface area contributed by atoms with Crippen molar-refractivity contribution in [1.82, 2.24) is 10.2 Å². The lowest BCUT2D eigenvalue weighted by Crippen LogP contribution is -1.77. The second-order valence-corrected chi connectivity index (χ2v) is 1.55. The quantitative estimate of drug-likeness (QED) is 0.559. The van der Waals surface area contributed by atoms with Gasteiger partial charge in [0, 0.05) is 6.20 Å². The molecule has 1 aromatic heterocycles. The standard InChI is InChI=1S/C6H5N3/c1-5(4-7)6-2-3-8-9-6/h2-3H,1H2,(H,8,9). The molecule has 0 saturated carbocycles. The van der Waals surface area contributed by atoms with E-state index in [0.717, 1.165) is 0 Å². The lowest BCUT2D eigenvalue weighted by molar-refractivity contribution is 1.08. The SMILES string of the molecule is C=C(C#N)c1cc[nH]n1. The van der Waals surface area contributed by atoms with Crippen molar-refractivity contribution in [1.29, 1.82) is 5.26 Å². The number of hydrogen-bond donors (Lipinski definition) is 1. The zero-order chi connectivity index (χ0) is 6.69. The first kappa shape index (κ1) is 5.57. The fourth-order valence-corrected chi connectivity index (χ4v) is 0.486. The van der Waals surface area contributed by atoms with Gasteiger partial charge in [0.1, 0.15) is 11.8 Å². The molecule has 0 aromatic carbocycles. The summed E-state index contributed by atoms with van der Waals surface area (Å²) in [7, 11) is 0. The highest BCUT2D eigenvalue weighted by molar-refractivity contribution is 5.71. The maximum Gasteiger partial charge on any atom is 0.102 e. The van der Waals surface area contributed by atoms with E-state index in [1.165, 1.54) is 0 Å². The molecule has 9 heavy (non-hydrogen) atoms. The van der Waals surface area contributed by atoms with E-state index in [9.17, 15) is 0 Å². The molecule has 0 radical (unpaired) electrons. The molecule has 0 bridgehead atoms. The van der Waals surface area contributed by atoms with Crippen LogP contribution in [0.1, 0.15) is 5.69 Å². The van der Waals surface area contributed by atoms with Gasteiger partial charge in [-0.2, -0.15) is 10.4 Å². The van der Waals surface area contributed by atoms with Crippen LogP contribution >= 0.6 is 0 Å². The maximum absolute atomic E-state index is 8.30. The summed E-state index contributed by atoms with van der Waals surface area (Å²) in [4.78, 5) is 0. The summed E-state index contributed by atoms with van der Waals surface area (Å²) in [5, 5.41) is 14.6. The summed E-state index contributed by atoms with van der Waals surface area (Å²) in [5.74, 6) is 0. The van der Waals surface area contributed by atoms with Gasteiger partial charge in [-0.05, 0) is 6.07 Å². The molecule has 1 N–H and O–H groups in total. The van der Waals surface area contributed by atoms with Gasteiger partial charge >= 0.3 is 0 Å². The molecule has 1 rings (SSSR count). The van der Waals surface area contributed by atoms with Crippen molar-refractivity contribution >= 4 is 5.57 Å². The Kier molecular flexibility index (Phi) is 1.32. The summed E-state index contributed by atoms with van der Waals surface area (Å²) in [5.41, 5.74) is 0.994. The summed E-state index contributed by atoms with van der Waals surface area (Å²) < 4.78 is 0. The molecule has 0 saturated heterocycles. The molecule has 0 aliphatic carbocycles. The fourth-order valence-electron chi connectivity index (χ4n) is 0.486. The molecular weight excluding hydrogens is 114 g/mol. The monoisotopic (exact) mass is 119 g/mol. The highest BCUT2D eigenvalue weighted by atomic mass is 15.1. The molecule has 0 spiro atoms.